The highest BCUT2D eigenvalue weighted by atomic mass is 32.1. The zero-order valence-corrected chi connectivity index (χ0v) is 14.9. The number of aromatic amines is 1. The second kappa shape index (κ2) is 6.00. The molecule has 0 saturated heterocycles. The summed E-state index contributed by atoms with van der Waals surface area (Å²) in [5.74, 6) is -0.0877. The van der Waals surface area contributed by atoms with Crippen molar-refractivity contribution in [1.29, 1.82) is 0 Å². The summed E-state index contributed by atoms with van der Waals surface area (Å²) in [6, 6.07) is 7.56. The van der Waals surface area contributed by atoms with Crippen molar-refractivity contribution in [3.8, 4) is 10.6 Å². The Labute approximate surface area is 148 Å². The predicted molar refractivity (Wildman–Crippen MR) is 96.8 cm³/mol. The number of fused-ring (bicyclic) bond motifs is 1. The highest BCUT2D eigenvalue weighted by molar-refractivity contribution is 7.15. The van der Waals surface area contributed by atoms with Gasteiger partial charge >= 0.3 is 0 Å². The van der Waals surface area contributed by atoms with Gasteiger partial charge in [0.15, 0.2) is 5.69 Å². The van der Waals surface area contributed by atoms with E-state index in [0.717, 1.165) is 21.7 Å². The molecule has 6 nitrogen and oxygen atoms in total. The Hall–Kier alpha value is -2.67. The lowest BCUT2D eigenvalue weighted by molar-refractivity contribution is 0.0728. The van der Waals surface area contributed by atoms with Crippen molar-refractivity contribution in [2.45, 2.75) is 19.9 Å². The van der Waals surface area contributed by atoms with Gasteiger partial charge in [0.1, 0.15) is 0 Å². The van der Waals surface area contributed by atoms with Crippen molar-refractivity contribution < 1.29 is 4.79 Å². The molecule has 0 unspecified atom stereocenters. The lowest BCUT2D eigenvalue weighted by atomic mass is 10.0. The van der Waals surface area contributed by atoms with Crippen LogP contribution in [0.15, 0.2) is 35.3 Å². The number of thiophene rings is 1. The average molecular weight is 354 g/mol. The Bertz CT molecular complexity index is 1010. The van der Waals surface area contributed by atoms with Gasteiger partial charge in [0.25, 0.3) is 11.5 Å². The number of hydrogen-bond donors (Lipinski definition) is 1. The molecule has 0 aliphatic carbocycles. The molecule has 0 saturated carbocycles. The van der Waals surface area contributed by atoms with E-state index in [0.29, 0.717) is 25.2 Å². The number of carbonyl (C=O) groups excluding carboxylic acids is 1. The third-order valence-electron chi connectivity index (χ3n) is 4.51. The molecular weight excluding hydrogens is 336 g/mol. The Morgan fingerprint density at radius 2 is 2.12 bits per heavy atom. The first-order chi connectivity index (χ1) is 12.0. The smallest absolute Gasteiger partial charge is 0.274 e. The lowest BCUT2D eigenvalue weighted by Gasteiger charge is -2.28. The normalized spacial score (nSPS) is 13.8. The van der Waals surface area contributed by atoms with Gasteiger partial charge in [-0.25, -0.2) is 0 Å². The van der Waals surface area contributed by atoms with Gasteiger partial charge in [0.05, 0.1) is 10.6 Å². The number of hydrogen-bond acceptors (Lipinski definition) is 4. The number of carbonyl (C=O) groups is 1. The zero-order chi connectivity index (χ0) is 17.6. The summed E-state index contributed by atoms with van der Waals surface area (Å²) < 4.78 is 1.55. The van der Waals surface area contributed by atoms with Crippen LogP contribution in [-0.4, -0.2) is 32.1 Å². The predicted octanol–water partition coefficient (Wildman–Crippen LogP) is 2.34. The molecule has 0 aromatic carbocycles. The average Bonchev–Trinajstić information content (AvgIpc) is 3.24. The quantitative estimate of drug-likeness (QED) is 0.768. The molecule has 3 aromatic heterocycles. The first-order valence-electron chi connectivity index (χ1n) is 8.11. The van der Waals surface area contributed by atoms with E-state index < -0.39 is 0 Å². The minimum absolute atomic E-state index is 0.0123. The minimum atomic E-state index is -0.0877. The van der Waals surface area contributed by atoms with E-state index in [9.17, 15) is 9.59 Å². The molecule has 4 rings (SSSR count). The van der Waals surface area contributed by atoms with E-state index in [1.54, 1.807) is 33.9 Å². The van der Waals surface area contributed by atoms with Crippen LogP contribution in [0.2, 0.25) is 0 Å². The number of amides is 1. The van der Waals surface area contributed by atoms with Crippen molar-refractivity contribution in [2.24, 2.45) is 7.05 Å². The molecule has 1 N–H and O–H groups in total. The maximum atomic E-state index is 12.8. The van der Waals surface area contributed by atoms with E-state index in [1.807, 2.05) is 24.4 Å². The number of pyridine rings is 1. The summed E-state index contributed by atoms with van der Waals surface area (Å²) >= 11 is 1.67. The number of aromatic nitrogens is 3. The largest absolute Gasteiger partial charge is 0.333 e. The first kappa shape index (κ1) is 15.8. The summed E-state index contributed by atoms with van der Waals surface area (Å²) in [7, 11) is 1.73. The SMILES string of the molecule is Cc1ccc(-c2cc(C(=O)N3CCc4cc(=O)n(C)cc4C3)n[nH]2)s1. The van der Waals surface area contributed by atoms with E-state index in [4.69, 9.17) is 0 Å². The van der Waals surface area contributed by atoms with Gasteiger partial charge in [-0.2, -0.15) is 5.10 Å². The van der Waals surface area contributed by atoms with Crippen LogP contribution in [0.4, 0.5) is 0 Å². The number of H-pyrrole nitrogens is 1. The molecule has 0 spiro atoms. The highest BCUT2D eigenvalue weighted by Crippen LogP contribution is 2.27. The van der Waals surface area contributed by atoms with Crippen LogP contribution >= 0.6 is 11.3 Å². The third-order valence-corrected chi connectivity index (χ3v) is 5.54. The number of nitrogens with zero attached hydrogens (tertiary/aromatic N) is 3. The molecule has 128 valence electrons. The van der Waals surface area contributed by atoms with Crippen LogP contribution in [0.5, 0.6) is 0 Å². The van der Waals surface area contributed by atoms with Gasteiger partial charge in [-0.15, -0.1) is 11.3 Å². The van der Waals surface area contributed by atoms with Gasteiger partial charge in [0, 0.05) is 37.3 Å². The van der Waals surface area contributed by atoms with Gasteiger partial charge in [0.2, 0.25) is 0 Å². The molecule has 0 radical (unpaired) electrons. The zero-order valence-electron chi connectivity index (χ0n) is 14.1. The van der Waals surface area contributed by atoms with Crippen molar-refractivity contribution in [1.82, 2.24) is 19.7 Å². The van der Waals surface area contributed by atoms with Gasteiger partial charge in [-0.3, -0.25) is 14.7 Å². The summed E-state index contributed by atoms with van der Waals surface area (Å²) in [6.07, 6.45) is 2.51. The van der Waals surface area contributed by atoms with Crippen molar-refractivity contribution >= 4 is 17.2 Å². The molecule has 7 heteroatoms. The van der Waals surface area contributed by atoms with Crippen molar-refractivity contribution in [2.75, 3.05) is 6.54 Å². The summed E-state index contributed by atoms with van der Waals surface area (Å²) in [5, 5.41) is 7.16. The molecule has 1 aliphatic rings. The molecule has 4 heterocycles. The van der Waals surface area contributed by atoms with E-state index in [2.05, 4.69) is 17.1 Å². The van der Waals surface area contributed by atoms with Crippen molar-refractivity contribution in [3.63, 3.8) is 0 Å². The molecule has 3 aromatic rings. The van der Waals surface area contributed by atoms with Gasteiger partial charge in [-0.05, 0) is 42.7 Å². The Kier molecular flexibility index (Phi) is 3.80. The second-order valence-corrected chi connectivity index (χ2v) is 7.61. The van der Waals surface area contributed by atoms with E-state index >= 15 is 0 Å². The van der Waals surface area contributed by atoms with Gasteiger partial charge < -0.3 is 9.47 Å². The third kappa shape index (κ3) is 2.91. The number of nitrogens with one attached hydrogen (secondary N) is 1. The minimum Gasteiger partial charge on any atom is -0.333 e. The standard InChI is InChI=1S/C18H18N4O2S/c1-11-3-4-16(25-11)14-8-15(20-19-14)18(24)22-6-5-12-7-17(23)21(2)9-13(12)10-22/h3-4,7-9H,5-6,10H2,1-2H3,(H,19,20). The van der Waals surface area contributed by atoms with Crippen LogP contribution < -0.4 is 5.56 Å². The summed E-state index contributed by atoms with van der Waals surface area (Å²) in [4.78, 5) is 28.6. The van der Waals surface area contributed by atoms with Crippen LogP contribution in [0.3, 0.4) is 0 Å². The molecule has 0 bridgehead atoms. The van der Waals surface area contributed by atoms with Crippen molar-refractivity contribution in [3.05, 3.63) is 62.5 Å². The highest BCUT2D eigenvalue weighted by Gasteiger charge is 2.24. The van der Waals surface area contributed by atoms with Crippen LogP contribution in [0.1, 0.15) is 26.5 Å². The summed E-state index contributed by atoms with van der Waals surface area (Å²) in [5.41, 5.74) is 3.33. The number of rotatable bonds is 2. The molecular formula is C18H18N4O2S. The van der Waals surface area contributed by atoms with E-state index in [1.165, 1.54) is 4.88 Å². The van der Waals surface area contributed by atoms with Gasteiger partial charge in [-0.1, -0.05) is 0 Å². The molecule has 1 aliphatic heterocycles. The summed E-state index contributed by atoms with van der Waals surface area (Å²) in [6.45, 7) is 3.15. The topological polar surface area (TPSA) is 71.0 Å². The molecule has 1 amide bonds. The van der Waals surface area contributed by atoms with Crippen LogP contribution in [-0.2, 0) is 20.0 Å². The first-order valence-corrected chi connectivity index (χ1v) is 8.93. The molecule has 0 atom stereocenters. The van der Waals surface area contributed by atoms with E-state index in [-0.39, 0.29) is 11.5 Å². The fourth-order valence-corrected chi connectivity index (χ4v) is 3.94. The van der Waals surface area contributed by atoms with Crippen LogP contribution in [0.25, 0.3) is 10.6 Å². The molecule has 0 fully saturated rings. The Balaban J connectivity index is 1.56. The fraction of sp³-hybridized carbons (Fsp3) is 0.278. The number of aryl methyl sites for hydroxylation is 2. The van der Waals surface area contributed by atoms with Crippen LogP contribution in [0, 0.1) is 6.92 Å². The Morgan fingerprint density at radius 3 is 2.88 bits per heavy atom. The lowest BCUT2D eigenvalue weighted by Crippen LogP contribution is -2.37. The second-order valence-electron chi connectivity index (χ2n) is 6.33. The monoisotopic (exact) mass is 354 g/mol. The maximum absolute atomic E-state index is 12.8. The maximum Gasteiger partial charge on any atom is 0.274 e. The fourth-order valence-electron chi connectivity index (χ4n) is 3.11. The molecule has 25 heavy (non-hydrogen) atoms. The Morgan fingerprint density at radius 1 is 1.28 bits per heavy atom.